The number of halogens is 2. The molecule has 2 saturated heterocycles. The number of nitrogens with zero attached hydrogens (tertiary/aromatic N) is 2. The number of carbonyl (C=O) groups excluding carboxylic acids is 2. The third-order valence-corrected chi connectivity index (χ3v) is 7.35. The summed E-state index contributed by atoms with van der Waals surface area (Å²) >= 11 is 12.2. The van der Waals surface area contributed by atoms with Crippen molar-refractivity contribution in [2.75, 3.05) is 39.3 Å². The Balaban J connectivity index is 1.37. The highest BCUT2D eigenvalue weighted by Crippen LogP contribution is 2.31. The second-order valence-corrected chi connectivity index (χ2v) is 9.67. The van der Waals surface area contributed by atoms with E-state index in [4.69, 9.17) is 27.9 Å². The second kappa shape index (κ2) is 10.5. The smallest absolute Gasteiger partial charge is 0.255 e. The van der Waals surface area contributed by atoms with E-state index in [0.29, 0.717) is 54.3 Å². The SMILES string of the molecule is O=C(NCC1CCCO1)C(C1CCCC1)N1CCN(C(=O)c2ccc(Cl)cc2Cl)CC1. The van der Waals surface area contributed by atoms with Crippen molar-refractivity contribution >= 4 is 35.0 Å². The van der Waals surface area contributed by atoms with Gasteiger partial charge in [0.1, 0.15) is 0 Å². The van der Waals surface area contributed by atoms with Crippen LogP contribution in [-0.2, 0) is 9.53 Å². The predicted molar refractivity (Wildman–Crippen MR) is 122 cm³/mol. The van der Waals surface area contributed by atoms with Crippen LogP contribution in [0.4, 0.5) is 0 Å². The standard InChI is InChI=1S/C23H31Cl2N3O3/c24-17-7-8-19(20(25)14-17)23(30)28-11-9-27(10-12-28)21(16-4-1-2-5-16)22(29)26-15-18-6-3-13-31-18/h7-8,14,16,18,21H,1-6,9-13,15H2,(H,26,29). The predicted octanol–water partition coefficient (Wildman–Crippen LogP) is 3.61. The molecule has 1 saturated carbocycles. The zero-order valence-corrected chi connectivity index (χ0v) is 19.3. The first-order valence-corrected chi connectivity index (χ1v) is 12.2. The lowest BCUT2D eigenvalue weighted by Crippen LogP contribution is -2.58. The molecule has 3 fully saturated rings. The van der Waals surface area contributed by atoms with Gasteiger partial charge in [-0.1, -0.05) is 36.0 Å². The highest BCUT2D eigenvalue weighted by molar-refractivity contribution is 6.36. The second-order valence-electron chi connectivity index (χ2n) is 8.82. The molecule has 0 spiro atoms. The summed E-state index contributed by atoms with van der Waals surface area (Å²) < 4.78 is 5.66. The van der Waals surface area contributed by atoms with Crippen LogP contribution < -0.4 is 5.32 Å². The summed E-state index contributed by atoms with van der Waals surface area (Å²) in [5, 5.41) is 4.04. The summed E-state index contributed by atoms with van der Waals surface area (Å²) in [5.41, 5.74) is 0.473. The van der Waals surface area contributed by atoms with Crippen LogP contribution >= 0.6 is 23.2 Å². The van der Waals surface area contributed by atoms with Crippen molar-refractivity contribution in [1.82, 2.24) is 15.1 Å². The quantitative estimate of drug-likeness (QED) is 0.693. The first-order valence-electron chi connectivity index (χ1n) is 11.4. The number of hydrogen-bond acceptors (Lipinski definition) is 4. The van der Waals surface area contributed by atoms with Crippen molar-refractivity contribution < 1.29 is 14.3 Å². The lowest BCUT2D eigenvalue weighted by Gasteiger charge is -2.41. The minimum Gasteiger partial charge on any atom is -0.376 e. The van der Waals surface area contributed by atoms with E-state index < -0.39 is 0 Å². The molecule has 1 aliphatic carbocycles. The Morgan fingerprint density at radius 3 is 2.45 bits per heavy atom. The highest BCUT2D eigenvalue weighted by Gasteiger charge is 2.37. The first-order chi connectivity index (χ1) is 15.0. The van der Waals surface area contributed by atoms with E-state index >= 15 is 0 Å². The molecular weight excluding hydrogens is 437 g/mol. The summed E-state index contributed by atoms with van der Waals surface area (Å²) in [5.74, 6) is 0.418. The van der Waals surface area contributed by atoms with Crippen LogP contribution in [0.25, 0.3) is 0 Å². The van der Waals surface area contributed by atoms with Crippen molar-refractivity contribution in [3.05, 3.63) is 33.8 Å². The van der Waals surface area contributed by atoms with E-state index in [9.17, 15) is 9.59 Å². The van der Waals surface area contributed by atoms with Crippen LogP contribution in [0.5, 0.6) is 0 Å². The average molecular weight is 468 g/mol. The van der Waals surface area contributed by atoms with Gasteiger partial charge in [0, 0.05) is 44.4 Å². The number of piperazine rings is 1. The zero-order valence-electron chi connectivity index (χ0n) is 17.8. The molecule has 8 heteroatoms. The Morgan fingerprint density at radius 2 is 1.81 bits per heavy atom. The fourth-order valence-electron chi connectivity index (χ4n) is 5.11. The van der Waals surface area contributed by atoms with E-state index in [0.717, 1.165) is 32.3 Å². The molecule has 2 amide bonds. The van der Waals surface area contributed by atoms with Crippen LogP contribution in [0.1, 0.15) is 48.9 Å². The number of carbonyl (C=O) groups is 2. The molecule has 0 aromatic heterocycles. The molecule has 2 aliphatic heterocycles. The van der Waals surface area contributed by atoms with Crippen molar-refractivity contribution in [2.24, 2.45) is 5.92 Å². The van der Waals surface area contributed by atoms with Gasteiger partial charge in [-0.15, -0.1) is 0 Å². The van der Waals surface area contributed by atoms with Crippen molar-refractivity contribution in [3.63, 3.8) is 0 Å². The fourth-order valence-corrected chi connectivity index (χ4v) is 5.60. The molecule has 1 N–H and O–H groups in total. The summed E-state index contributed by atoms with van der Waals surface area (Å²) in [6.07, 6.45) is 6.80. The van der Waals surface area contributed by atoms with Crippen LogP contribution in [0.3, 0.4) is 0 Å². The van der Waals surface area contributed by atoms with Gasteiger partial charge in [-0.05, 0) is 49.8 Å². The first kappa shape index (κ1) is 22.8. The highest BCUT2D eigenvalue weighted by atomic mass is 35.5. The maximum absolute atomic E-state index is 13.2. The van der Waals surface area contributed by atoms with Gasteiger partial charge in [0.2, 0.25) is 5.91 Å². The van der Waals surface area contributed by atoms with Crippen LogP contribution in [0.15, 0.2) is 18.2 Å². The summed E-state index contributed by atoms with van der Waals surface area (Å²) in [6, 6.07) is 4.84. The molecule has 2 heterocycles. The van der Waals surface area contributed by atoms with E-state index in [1.165, 1.54) is 12.8 Å². The van der Waals surface area contributed by atoms with Gasteiger partial charge in [-0.25, -0.2) is 0 Å². The van der Waals surface area contributed by atoms with Gasteiger partial charge in [0.25, 0.3) is 5.91 Å². The average Bonchev–Trinajstić information content (AvgIpc) is 3.47. The Labute approximate surface area is 194 Å². The largest absolute Gasteiger partial charge is 0.376 e. The molecule has 2 atom stereocenters. The van der Waals surface area contributed by atoms with Gasteiger partial charge in [0.15, 0.2) is 0 Å². The molecule has 170 valence electrons. The fraction of sp³-hybridized carbons (Fsp3) is 0.652. The number of ether oxygens (including phenoxy) is 1. The minimum atomic E-state index is -0.125. The van der Waals surface area contributed by atoms with E-state index in [1.807, 2.05) is 4.90 Å². The number of hydrogen-bond donors (Lipinski definition) is 1. The molecule has 6 nitrogen and oxygen atoms in total. The van der Waals surface area contributed by atoms with Gasteiger partial charge in [-0.3, -0.25) is 14.5 Å². The molecule has 2 unspecified atom stereocenters. The molecule has 31 heavy (non-hydrogen) atoms. The number of nitrogens with one attached hydrogen (secondary N) is 1. The lowest BCUT2D eigenvalue weighted by molar-refractivity contribution is -0.129. The van der Waals surface area contributed by atoms with E-state index in [1.54, 1.807) is 18.2 Å². The monoisotopic (exact) mass is 467 g/mol. The maximum Gasteiger partial charge on any atom is 0.255 e. The molecule has 0 radical (unpaired) electrons. The normalized spacial score (nSPS) is 23.8. The van der Waals surface area contributed by atoms with E-state index in [2.05, 4.69) is 10.2 Å². The minimum absolute atomic E-state index is 0.0819. The molecule has 3 aliphatic rings. The third kappa shape index (κ3) is 5.54. The third-order valence-electron chi connectivity index (χ3n) is 6.80. The summed E-state index contributed by atoms with van der Waals surface area (Å²) in [7, 11) is 0. The zero-order chi connectivity index (χ0) is 21.8. The molecule has 0 bridgehead atoms. The maximum atomic E-state index is 13.2. The Morgan fingerprint density at radius 1 is 1.06 bits per heavy atom. The summed E-state index contributed by atoms with van der Waals surface area (Å²) in [4.78, 5) is 30.2. The molecule has 4 rings (SSSR count). The molecule has 1 aromatic carbocycles. The Bertz CT molecular complexity index is 786. The van der Waals surface area contributed by atoms with Crippen LogP contribution in [0.2, 0.25) is 10.0 Å². The number of rotatable bonds is 6. The number of benzene rings is 1. The molecular formula is C23H31Cl2N3O3. The van der Waals surface area contributed by atoms with Gasteiger partial charge in [-0.2, -0.15) is 0 Å². The van der Waals surface area contributed by atoms with Crippen molar-refractivity contribution in [1.29, 1.82) is 0 Å². The molecule has 1 aromatic rings. The Hall–Kier alpha value is -1.34. The van der Waals surface area contributed by atoms with Gasteiger partial charge >= 0.3 is 0 Å². The van der Waals surface area contributed by atoms with Crippen molar-refractivity contribution in [3.8, 4) is 0 Å². The van der Waals surface area contributed by atoms with Crippen LogP contribution in [-0.4, -0.2) is 73.1 Å². The number of amides is 2. The van der Waals surface area contributed by atoms with Gasteiger partial charge < -0.3 is 15.0 Å². The Kier molecular flexibility index (Phi) is 7.75. The summed E-state index contributed by atoms with van der Waals surface area (Å²) in [6.45, 7) is 3.92. The topological polar surface area (TPSA) is 61.9 Å². The van der Waals surface area contributed by atoms with Gasteiger partial charge in [0.05, 0.1) is 22.7 Å². The van der Waals surface area contributed by atoms with Crippen molar-refractivity contribution in [2.45, 2.75) is 50.7 Å². The van der Waals surface area contributed by atoms with Crippen LogP contribution in [0, 0.1) is 5.92 Å². The van der Waals surface area contributed by atoms with E-state index in [-0.39, 0.29) is 24.0 Å². The lowest BCUT2D eigenvalue weighted by atomic mass is 9.94.